The van der Waals surface area contributed by atoms with Gasteiger partial charge >= 0.3 is 0 Å². The van der Waals surface area contributed by atoms with Gasteiger partial charge in [-0.2, -0.15) is 0 Å². The van der Waals surface area contributed by atoms with Crippen molar-refractivity contribution in [3.05, 3.63) is 0 Å². The van der Waals surface area contributed by atoms with Crippen LogP contribution in [-0.2, 0) is 4.79 Å². The van der Waals surface area contributed by atoms with Gasteiger partial charge in [-0.1, -0.05) is 19.3 Å². The normalized spacial score (nSPS) is 21.4. The second-order valence-electron chi connectivity index (χ2n) is 3.75. The molecule has 1 aliphatic heterocycles. The molecule has 0 N–H and O–H groups in total. The molecule has 2 heteroatoms. The predicted octanol–water partition coefficient (Wildman–Crippen LogP) is 1.84. The first kappa shape index (κ1) is 9.72. The second-order valence-corrected chi connectivity index (χ2v) is 3.75. The van der Waals surface area contributed by atoms with Crippen molar-refractivity contribution in [3.8, 4) is 0 Å². The average molecular weight is 169 g/mol. The minimum atomic E-state index is 0.301. The lowest BCUT2D eigenvalue weighted by atomic mass is 10.1. The van der Waals surface area contributed by atoms with Crippen molar-refractivity contribution in [3.63, 3.8) is 0 Å². The Morgan fingerprint density at radius 1 is 1.08 bits per heavy atom. The summed E-state index contributed by atoms with van der Waals surface area (Å²) < 4.78 is 0. The third-order valence-corrected chi connectivity index (χ3v) is 2.39. The molecule has 0 atom stereocenters. The zero-order valence-corrected chi connectivity index (χ0v) is 8.01. The fourth-order valence-corrected chi connectivity index (χ4v) is 1.79. The number of hydrogen-bond acceptors (Lipinski definition) is 2. The van der Waals surface area contributed by atoms with Gasteiger partial charge in [0, 0.05) is 0 Å². The minimum absolute atomic E-state index is 0.301. The number of likely N-dealkylation sites (tertiary alicyclic amines) is 1. The standard InChI is InChI=1S/C10H19NO/c1-10(12)9-11-7-5-3-2-4-6-8-11/h2-9H2,1H3. The van der Waals surface area contributed by atoms with Crippen LogP contribution in [0, 0.1) is 0 Å². The highest BCUT2D eigenvalue weighted by Gasteiger charge is 2.08. The lowest BCUT2D eigenvalue weighted by Gasteiger charge is -2.22. The quantitative estimate of drug-likeness (QED) is 0.628. The molecule has 0 aliphatic carbocycles. The van der Waals surface area contributed by atoms with Gasteiger partial charge in [0.05, 0.1) is 6.54 Å². The Hall–Kier alpha value is -0.370. The first-order valence-corrected chi connectivity index (χ1v) is 5.01. The highest BCUT2D eigenvalue weighted by Crippen LogP contribution is 2.09. The topological polar surface area (TPSA) is 20.3 Å². The highest BCUT2D eigenvalue weighted by molar-refractivity contribution is 5.77. The van der Waals surface area contributed by atoms with Crippen LogP contribution < -0.4 is 0 Å². The molecule has 12 heavy (non-hydrogen) atoms. The molecule has 0 bridgehead atoms. The predicted molar refractivity (Wildman–Crippen MR) is 50.2 cm³/mol. The van der Waals surface area contributed by atoms with E-state index in [4.69, 9.17) is 0 Å². The number of carbonyl (C=O) groups excluding carboxylic acids is 1. The summed E-state index contributed by atoms with van der Waals surface area (Å²) in [4.78, 5) is 13.2. The van der Waals surface area contributed by atoms with Gasteiger partial charge in [-0.25, -0.2) is 0 Å². The van der Waals surface area contributed by atoms with Crippen LogP contribution >= 0.6 is 0 Å². The van der Waals surface area contributed by atoms with Crippen molar-refractivity contribution in [2.24, 2.45) is 0 Å². The van der Waals surface area contributed by atoms with Crippen LogP contribution in [-0.4, -0.2) is 30.3 Å². The summed E-state index contributed by atoms with van der Waals surface area (Å²) in [5.74, 6) is 0.301. The number of nitrogens with zero attached hydrogens (tertiary/aromatic N) is 1. The molecule has 0 aromatic rings. The summed E-state index contributed by atoms with van der Waals surface area (Å²) >= 11 is 0. The third-order valence-electron chi connectivity index (χ3n) is 2.39. The molecule has 0 amide bonds. The first-order chi connectivity index (χ1) is 5.79. The Morgan fingerprint density at radius 3 is 2.08 bits per heavy atom. The Morgan fingerprint density at radius 2 is 1.58 bits per heavy atom. The van der Waals surface area contributed by atoms with Gasteiger partial charge in [0.25, 0.3) is 0 Å². The fourth-order valence-electron chi connectivity index (χ4n) is 1.79. The van der Waals surface area contributed by atoms with E-state index < -0.39 is 0 Å². The van der Waals surface area contributed by atoms with E-state index in [9.17, 15) is 4.79 Å². The Bertz CT molecular complexity index is 137. The number of ketones is 1. The summed E-state index contributed by atoms with van der Waals surface area (Å²) in [5, 5.41) is 0. The number of rotatable bonds is 2. The number of carbonyl (C=O) groups is 1. The van der Waals surface area contributed by atoms with Crippen LogP contribution in [0.1, 0.15) is 39.0 Å². The van der Waals surface area contributed by atoms with Crippen molar-refractivity contribution in [2.75, 3.05) is 19.6 Å². The maximum absolute atomic E-state index is 10.9. The van der Waals surface area contributed by atoms with Crippen LogP contribution in [0.2, 0.25) is 0 Å². The maximum atomic E-state index is 10.9. The fraction of sp³-hybridized carbons (Fsp3) is 0.900. The molecule has 0 unspecified atom stereocenters. The molecule has 1 saturated heterocycles. The van der Waals surface area contributed by atoms with Crippen molar-refractivity contribution >= 4 is 5.78 Å². The molecule has 1 heterocycles. The van der Waals surface area contributed by atoms with E-state index in [2.05, 4.69) is 4.90 Å². The van der Waals surface area contributed by atoms with Gasteiger partial charge in [-0.3, -0.25) is 9.69 Å². The van der Waals surface area contributed by atoms with Crippen molar-refractivity contribution < 1.29 is 4.79 Å². The molecule has 0 radical (unpaired) electrons. The molecule has 1 rings (SSSR count). The molecule has 0 aromatic carbocycles. The Labute approximate surface area is 74.9 Å². The number of hydrogen-bond donors (Lipinski definition) is 0. The summed E-state index contributed by atoms with van der Waals surface area (Å²) in [6.45, 7) is 4.60. The van der Waals surface area contributed by atoms with E-state index in [1.165, 1.54) is 32.1 Å². The van der Waals surface area contributed by atoms with Gasteiger partial charge in [0.15, 0.2) is 0 Å². The average Bonchev–Trinajstić information content (AvgIpc) is 1.93. The summed E-state index contributed by atoms with van der Waals surface area (Å²) in [6.07, 6.45) is 6.61. The highest BCUT2D eigenvalue weighted by atomic mass is 16.1. The SMILES string of the molecule is CC(=O)CN1CCCCCCC1. The summed E-state index contributed by atoms with van der Waals surface area (Å²) in [6, 6.07) is 0. The first-order valence-electron chi connectivity index (χ1n) is 5.01. The van der Waals surface area contributed by atoms with E-state index in [0.29, 0.717) is 12.3 Å². The van der Waals surface area contributed by atoms with E-state index in [0.717, 1.165) is 13.1 Å². The Kier molecular flexibility index (Phi) is 4.30. The van der Waals surface area contributed by atoms with Crippen molar-refractivity contribution in [1.82, 2.24) is 4.90 Å². The van der Waals surface area contributed by atoms with E-state index >= 15 is 0 Å². The zero-order chi connectivity index (χ0) is 8.81. The monoisotopic (exact) mass is 169 g/mol. The molecular weight excluding hydrogens is 150 g/mol. The molecule has 0 spiro atoms. The summed E-state index contributed by atoms with van der Waals surface area (Å²) in [7, 11) is 0. The lowest BCUT2D eigenvalue weighted by molar-refractivity contribution is -0.118. The lowest BCUT2D eigenvalue weighted by Crippen LogP contribution is -2.31. The van der Waals surface area contributed by atoms with Gasteiger partial charge in [-0.15, -0.1) is 0 Å². The maximum Gasteiger partial charge on any atom is 0.143 e. The molecule has 1 fully saturated rings. The second kappa shape index (κ2) is 5.31. The van der Waals surface area contributed by atoms with Crippen molar-refractivity contribution in [2.45, 2.75) is 39.0 Å². The van der Waals surface area contributed by atoms with Crippen LogP contribution in [0.5, 0.6) is 0 Å². The van der Waals surface area contributed by atoms with Gasteiger partial charge in [0.2, 0.25) is 0 Å². The largest absolute Gasteiger partial charge is 0.299 e. The zero-order valence-electron chi connectivity index (χ0n) is 8.01. The molecule has 1 aliphatic rings. The van der Waals surface area contributed by atoms with Gasteiger partial charge in [0.1, 0.15) is 5.78 Å². The molecule has 70 valence electrons. The summed E-state index contributed by atoms with van der Waals surface area (Å²) in [5.41, 5.74) is 0. The van der Waals surface area contributed by atoms with Crippen LogP contribution in [0.4, 0.5) is 0 Å². The van der Waals surface area contributed by atoms with Crippen molar-refractivity contribution in [1.29, 1.82) is 0 Å². The van der Waals surface area contributed by atoms with Crippen LogP contribution in [0.15, 0.2) is 0 Å². The van der Waals surface area contributed by atoms with E-state index in [1.54, 1.807) is 6.92 Å². The number of Topliss-reactive ketones (excluding diaryl/α,β-unsaturated/α-hetero) is 1. The van der Waals surface area contributed by atoms with Gasteiger partial charge in [-0.05, 0) is 32.9 Å². The molecular formula is C10H19NO. The molecule has 0 saturated carbocycles. The van der Waals surface area contributed by atoms with Gasteiger partial charge < -0.3 is 0 Å². The smallest absolute Gasteiger partial charge is 0.143 e. The van der Waals surface area contributed by atoms with Crippen LogP contribution in [0.3, 0.4) is 0 Å². The van der Waals surface area contributed by atoms with E-state index in [-0.39, 0.29) is 0 Å². The molecule has 0 aromatic heterocycles. The minimum Gasteiger partial charge on any atom is -0.299 e. The van der Waals surface area contributed by atoms with E-state index in [1.807, 2.05) is 0 Å². The third kappa shape index (κ3) is 3.86. The van der Waals surface area contributed by atoms with Crippen LogP contribution in [0.25, 0.3) is 0 Å². The Balaban J connectivity index is 2.24. The molecule has 2 nitrogen and oxygen atoms in total.